The molecule has 1 rings (SSSR count). The normalized spacial score (nSPS) is 12.1. The van der Waals surface area contributed by atoms with Crippen LogP contribution in [0.25, 0.3) is 0 Å². The molecule has 0 saturated heterocycles. The first kappa shape index (κ1) is 10.3. The summed E-state index contributed by atoms with van der Waals surface area (Å²) in [5.41, 5.74) is 1.26. The first-order valence-corrected chi connectivity index (χ1v) is 4.19. The summed E-state index contributed by atoms with van der Waals surface area (Å²) in [6, 6.07) is -0.878. The van der Waals surface area contributed by atoms with Gasteiger partial charge in [0.25, 0.3) is 5.91 Å². The fourth-order valence-corrected chi connectivity index (χ4v) is 1.02. The molecule has 1 aromatic heterocycles. The minimum atomic E-state index is -1.05. The summed E-state index contributed by atoms with van der Waals surface area (Å²) < 4.78 is 0. The average Bonchev–Trinajstić information content (AvgIpc) is 2.51. The number of aromatic amines is 1. The van der Waals surface area contributed by atoms with E-state index >= 15 is 0 Å². The number of carbonyl (C=O) groups is 2. The van der Waals surface area contributed by atoms with E-state index in [4.69, 9.17) is 5.11 Å². The lowest BCUT2D eigenvalue weighted by atomic mass is 10.2. The summed E-state index contributed by atoms with van der Waals surface area (Å²) in [5.74, 6) is -1.43. The van der Waals surface area contributed by atoms with Gasteiger partial charge in [-0.05, 0) is 19.4 Å². The van der Waals surface area contributed by atoms with Crippen LogP contribution in [0.3, 0.4) is 0 Å². The summed E-state index contributed by atoms with van der Waals surface area (Å²) >= 11 is 0. The van der Waals surface area contributed by atoms with E-state index in [0.29, 0.717) is 5.56 Å². The molecule has 1 atom stereocenters. The molecular formula is C9H12N2O3. The predicted molar refractivity (Wildman–Crippen MR) is 50.1 cm³/mol. The third kappa shape index (κ3) is 2.12. The number of hydrogen-bond donors (Lipinski definition) is 3. The van der Waals surface area contributed by atoms with Gasteiger partial charge in [0.15, 0.2) is 0 Å². The molecule has 76 valence electrons. The number of rotatable bonds is 3. The van der Waals surface area contributed by atoms with Crippen LogP contribution in [0.2, 0.25) is 0 Å². The molecule has 1 unspecified atom stereocenters. The molecule has 0 aliphatic rings. The van der Waals surface area contributed by atoms with E-state index in [0.717, 1.165) is 5.56 Å². The van der Waals surface area contributed by atoms with Crippen LogP contribution in [0.4, 0.5) is 0 Å². The van der Waals surface area contributed by atoms with Crippen molar-refractivity contribution >= 4 is 11.9 Å². The van der Waals surface area contributed by atoms with Crippen LogP contribution in [0, 0.1) is 6.92 Å². The molecular weight excluding hydrogens is 184 g/mol. The molecule has 0 aliphatic heterocycles. The highest BCUT2D eigenvalue weighted by molar-refractivity contribution is 5.97. The van der Waals surface area contributed by atoms with Gasteiger partial charge >= 0.3 is 5.97 Å². The van der Waals surface area contributed by atoms with Gasteiger partial charge in [-0.25, -0.2) is 0 Å². The van der Waals surface area contributed by atoms with E-state index in [1.807, 2.05) is 0 Å². The van der Waals surface area contributed by atoms with Crippen LogP contribution in [-0.2, 0) is 4.79 Å². The van der Waals surface area contributed by atoms with E-state index < -0.39 is 12.0 Å². The quantitative estimate of drug-likeness (QED) is 0.659. The van der Waals surface area contributed by atoms with Crippen molar-refractivity contribution in [3.63, 3.8) is 0 Å². The fourth-order valence-electron chi connectivity index (χ4n) is 1.02. The number of H-pyrrole nitrogens is 1. The van der Waals surface area contributed by atoms with Crippen molar-refractivity contribution in [1.29, 1.82) is 0 Å². The first-order chi connectivity index (χ1) is 6.52. The Labute approximate surface area is 81.1 Å². The van der Waals surface area contributed by atoms with Crippen LogP contribution in [0.15, 0.2) is 12.4 Å². The van der Waals surface area contributed by atoms with Crippen molar-refractivity contribution < 1.29 is 14.7 Å². The zero-order valence-corrected chi connectivity index (χ0v) is 8.00. The minimum absolute atomic E-state index is 0.376. The molecule has 0 bridgehead atoms. The fraction of sp³-hybridized carbons (Fsp3) is 0.333. The Kier molecular flexibility index (Phi) is 2.91. The molecule has 1 aromatic rings. The maximum Gasteiger partial charge on any atom is 0.325 e. The van der Waals surface area contributed by atoms with Crippen LogP contribution in [-0.4, -0.2) is 28.0 Å². The number of aryl methyl sites for hydroxylation is 1. The standard InChI is InChI=1S/C9H12N2O3/c1-5-3-10-4-7(5)8(12)11-6(2)9(13)14/h3-4,6,10H,1-2H3,(H,11,12)(H,13,14). The van der Waals surface area contributed by atoms with E-state index in [-0.39, 0.29) is 5.91 Å². The lowest BCUT2D eigenvalue weighted by Crippen LogP contribution is -2.38. The number of carbonyl (C=O) groups excluding carboxylic acids is 1. The second-order valence-electron chi connectivity index (χ2n) is 3.09. The van der Waals surface area contributed by atoms with Gasteiger partial charge in [-0.2, -0.15) is 0 Å². The van der Waals surface area contributed by atoms with Crippen LogP contribution in [0.1, 0.15) is 22.8 Å². The Morgan fingerprint density at radius 3 is 2.57 bits per heavy atom. The third-order valence-electron chi connectivity index (χ3n) is 1.92. The Hall–Kier alpha value is -1.78. The predicted octanol–water partition coefficient (Wildman–Crippen LogP) is 0.526. The number of amides is 1. The molecule has 5 heteroatoms. The number of aliphatic carboxylic acids is 1. The van der Waals surface area contributed by atoms with Crippen molar-refractivity contribution in [2.75, 3.05) is 0 Å². The van der Waals surface area contributed by atoms with Crippen molar-refractivity contribution in [3.05, 3.63) is 23.5 Å². The zero-order valence-electron chi connectivity index (χ0n) is 8.00. The summed E-state index contributed by atoms with van der Waals surface area (Å²) in [4.78, 5) is 24.7. The molecule has 0 aromatic carbocycles. The summed E-state index contributed by atoms with van der Waals surface area (Å²) in [6.45, 7) is 3.19. The summed E-state index contributed by atoms with van der Waals surface area (Å²) in [6.07, 6.45) is 3.22. The van der Waals surface area contributed by atoms with E-state index in [1.165, 1.54) is 6.92 Å². The number of nitrogens with one attached hydrogen (secondary N) is 2. The lowest BCUT2D eigenvalue weighted by molar-refractivity contribution is -0.138. The molecule has 0 fully saturated rings. The van der Waals surface area contributed by atoms with Gasteiger partial charge < -0.3 is 15.4 Å². The van der Waals surface area contributed by atoms with Crippen molar-refractivity contribution in [2.45, 2.75) is 19.9 Å². The number of hydrogen-bond acceptors (Lipinski definition) is 2. The van der Waals surface area contributed by atoms with Gasteiger partial charge in [-0.15, -0.1) is 0 Å². The SMILES string of the molecule is Cc1c[nH]cc1C(=O)NC(C)C(=O)O. The smallest absolute Gasteiger partial charge is 0.325 e. The largest absolute Gasteiger partial charge is 0.480 e. The lowest BCUT2D eigenvalue weighted by Gasteiger charge is -2.08. The zero-order chi connectivity index (χ0) is 10.7. The van der Waals surface area contributed by atoms with Gasteiger partial charge in [0.05, 0.1) is 5.56 Å². The van der Waals surface area contributed by atoms with E-state index in [2.05, 4.69) is 10.3 Å². The topological polar surface area (TPSA) is 82.2 Å². The maximum atomic E-state index is 11.4. The highest BCUT2D eigenvalue weighted by Gasteiger charge is 2.16. The van der Waals surface area contributed by atoms with Gasteiger partial charge in [0.2, 0.25) is 0 Å². The molecule has 0 aliphatic carbocycles. The second kappa shape index (κ2) is 3.95. The van der Waals surface area contributed by atoms with Gasteiger partial charge in [-0.3, -0.25) is 9.59 Å². The van der Waals surface area contributed by atoms with Crippen LogP contribution < -0.4 is 5.32 Å². The number of carboxylic acid groups (broad SMARTS) is 1. The Morgan fingerprint density at radius 1 is 1.50 bits per heavy atom. The van der Waals surface area contributed by atoms with Gasteiger partial charge in [0, 0.05) is 12.4 Å². The molecule has 1 amide bonds. The van der Waals surface area contributed by atoms with E-state index in [9.17, 15) is 9.59 Å². The Balaban J connectivity index is 2.69. The highest BCUT2D eigenvalue weighted by Crippen LogP contribution is 2.05. The highest BCUT2D eigenvalue weighted by atomic mass is 16.4. The molecule has 0 spiro atoms. The molecule has 3 N–H and O–H groups in total. The monoisotopic (exact) mass is 196 g/mol. The van der Waals surface area contributed by atoms with Crippen LogP contribution in [0.5, 0.6) is 0 Å². The molecule has 14 heavy (non-hydrogen) atoms. The molecule has 5 nitrogen and oxygen atoms in total. The van der Waals surface area contributed by atoms with Gasteiger partial charge in [-0.1, -0.05) is 0 Å². The summed E-state index contributed by atoms with van der Waals surface area (Å²) in [5, 5.41) is 10.9. The first-order valence-electron chi connectivity index (χ1n) is 4.19. The minimum Gasteiger partial charge on any atom is -0.480 e. The molecule has 1 heterocycles. The number of carboxylic acids is 1. The average molecular weight is 196 g/mol. The Morgan fingerprint density at radius 2 is 2.14 bits per heavy atom. The Bertz CT molecular complexity index is 357. The summed E-state index contributed by atoms with van der Waals surface area (Å²) in [7, 11) is 0. The maximum absolute atomic E-state index is 11.4. The number of aromatic nitrogens is 1. The second-order valence-corrected chi connectivity index (χ2v) is 3.09. The van der Waals surface area contributed by atoms with Crippen molar-refractivity contribution in [1.82, 2.24) is 10.3 Å². The van der Waals surface area contributed by atoms with E-state index in [1.54, 1.807) is 19.3 Å². The third-order valence-corrected chi connectivity index (χ3v) is 1.92. The van der Waals surface area contributed by atoms with Crippen molar-refractivity contribution in [3.8, 4) is 0 Å². The van der Waals surface area contributed by atoms with Gasteiger partial charge in [0.1, 0.15) is 6.04 Å². The molecule has 0 radical (unpaired) electrons. The molecule has 0 saturated carbocycles. The van der Waals surface area contributed by atoms with Crippen molar-refractivity contribution in [2.24, 2.45) is 0 Å². The van der Waals surface area contributed by atoms with Crippen LogP contribution >= 0.6 is 0 Å².